The fourth-order valence-electron chi connectivity index (χ4n) is 6.43. The van der Waals surface area contributed by atoms with E-state index < -0.39 is 28.7 Å². The third-order valence-electron chi connectivity index (χ3n) is 8.05. The number of aromatic hydroxyl groups is 4. The van der Waals surface area contributed by atoms with E-state index in [2.05, 4.69) is 0 Å². The second kappa shape index (κ2) is 8.87. The number of ketones is 2. The van der Waals surface area contributed by atoms with Crippen LogP contribution in [0.4, 0.5) is 0 Å². The van der Waals surface area contributed by atoms with Crippen molar-refractivity contribution in [3.05, 3.63) is 69.3 Å². The van der Waals surface area contributed by atoms with Crippen molar-refractivity contribution in [1.82, 2.24) is 0 Å². The number of phenols is 4. The summed E-state index contributed by atoms with van der Waals surface area (Å²) in [5.74, 6) is -2.21. The van der Waals surface area contributed by atoms with Crippen molar-refractivity contribution in [1.29, 1.82) is 0 Å². The first kappa shape index (κ1) is 26.5. The summed E-state index contributed by atoms with van der Waals surface area (Å²) in [4.78, 5) is 27.1. The Balaban J connectivity index is 1.77. The van der Waals surface area contributed by atoms with Gasteiger partial charge in [-0.25, -0.2) is 0 Å². The number of methoxy groups -OCH3 is 2. The topological polar surface area (TPSA) is 154 Å². The lowest BCUT2D eigenvalue weighted by atomic mass is 9.74. The van der Waals surface area contributed by atoms with Gasteiger partial charge in [-0.1, -0.05) is 6.07 Å². The number of hydrogen-bond donors (Lipinski definition) is 5. The molecule has 0 radical (unpaired) electrons. The highest BCUT2D eigenvalue weighted by Gasteiger charge is 2.40. The van der Waals surface area contributed by atoms with Crippen LogP contribution in [-0.2, 0) is 12.8 Å². The van der Waals surface area contributed by atoms with Crippen LogP contribution >= 0.6 is 0 Å². The van der Waals surface area contributed by atoms with E-state index in [9.17, 15) is 35.1 Å². The van der Waals surface area contributed by atoms with Gasteiger partial charge in [0.1, 0.15) is 34.5 Å². The summed E-state index contributed by atoms with van der Waals surface area (Å²) in [5, 5.41) is 55.9. The average Bonchev–Trinajstić information content (AvgIpc) is 2.87. The molecule has 0 aliphatic heterocycles. The highest BCUT2D eigenvalue weighted by Crippen LogP contribution is 2.54. The quantitative estimate of drug-likeness (QED) is 0.213. The molecule has 41 heavy (non-hydrogen) atoms. The molecule has 210 valence electrons. The van der Waals surface area contributed by atoms with Crippen molar-refractivity contribution in [2.45, 2.75) is 38.7 Å². The van der Waals surface area contributed by atoms with E-state index in [1.807, 2.05) is 0 Å². The van der Waals surface area contributed by atoms with Crippen LogP contribution in [0, 0.1) is 6.92 Å². The first-order valence-corrected chi connectivity index (χ1v) is 13.0. The molecule has 6 rings (SSSR count). The molecule has 1 unspecified atom stereocenters. The number of ether oxygens (including phenoxy) is 2. The maximum absolute atomic E-state index is 13.8. The van der Waals surface area contributed by atoms with Crippen LogP contribution in [0.2, 0.25) is 0 Å². The van der Waals surface area contributed by atoms with Crippen LogP contribution in [-0.4, -0.2) is 56.9 Å². The minimum Gasteiger partial charge on any atom is -0.507 e. The van der Waals surface area contributed by atoms with E-state index in [1.165, 1.54) is 39.3 Å². The van der Waals surface area contributed by atoms with Gasteiger partial charge >= 0.3 is 0 Å². The van der Waals surface area contributed by atoms with Gasteiger partial charge in [-0.05, 0) is 60.7 Å². The molecule has 0 spiro atoms. The zero-order valence-corrected chi connectivity index (χ0v) is 22.9. The van der Waals surface area contributed by atoms with E-state index >= 15 is 0 Å². The minimum absolute atomic E-state index is 0.0362. The van der Waals surface area contributed by atoms with E-state index in [0.29, 0.717) is 11.1 Å². The molecule has 0 amide bonds. The maximum Gasteiger partial charge on any atom is 0.201 e. The Morgan fingerprint density at radius 1 is 0.756 bits per heavy atom. The molecule has 9 nitrogen and oxygen atoms in total. The highest BCUT2D eigenvalue weighted by atomic mass is 16.5. The molecule has 9 heteroatoms. The van der Waals surface area contributed by atoms with Crippen molar-refractivity contribution in [2.24, 2.45) is 0 Å². The SMILES string of the molecule is COc1cc(O)c2c(O)c3c(c(-c4c(OC)cc5c(c4O)C(=O)c4c(O)cc(C)cc4C5)c2c1)CC(C)(O)CC3=O. The number of fused-ring (bicyclic) bond motifs is 4. The molecule has 4 aromatic rings. The molecule has 1 atom stereocenters. The number of carbonyl (C=O) groups excluding carboxylic acids is 2. The molecular weight excluding hydrogens is 528 g/mol. The number of phenolic OH excluding ortho intramolecular Hbond substituents is 4. The van der Waals surface area contributed by atoms with Crippen molar-refractivity contribution >= 4 is 22.3 Å². The van der Waals surface area contributed by atoms with Gasteiger partial charge in [0, 0.05) is 29.9 Å². The standard InChI is InChI=1S/C32H28O9/c1-13-5-14-7-15-8-22(41-4)28(30(37)24(15)29(36)23(14)19(33)6-13)25-17-9-16(40-3)10-20(34)26(17)31(38)27-18(25)11-32(2,39)12-21(27)35/h5-6,8-10,33-34,37-39H,7,11-12H2,1-4H3. The molecule has 0 saturated heterocycles. The van der Waals surface area contributed by atoms with Gasteiger partial charge in [-0.15, -0.1) is 0 Å². The first-order chi connectivity index (χ1) is 19.4. The van der Waals surface area contributed by atoms with Crippen LogP contribution in [0.5, 0.6) is 34.5 Å². The normalized spacial score (nSPS) is 17.7. The van der Waals surface area contributed by atoms with Gasteiger partial charge in [-0.2, -0.15) is 0 Å². The molecular formula is C32H28O9. The summed E-state index contributed by atoms with van der Waals surface area (Å²) < 4.78 is 11.1. The fourth-order valence-corrected chi connectivity index (χ4v) is 6.43. The number of carbonyl (C=O) groups is 2. The van der Waals surface area contributed by atoms with Gasteiger partial charge in [0.15, 0.2) is 5.78 Å². The number of rotatable bonds is 3. The van der Waals surface area contributed by atoms with Crippen LogP contribution in [0.25, 0.3) is 21.9 Å². The largest absolute Gasteiger partial charge is 0.507 e. The number of aliphatic hydroxyl groups is 1. The lowest BCUT2D eigenvalue weighted by Crippen LogP contribution is -2.36. The summed E-state index contributed by atoms with van der Waals surface area (Å²) in [7, 11) is 2.79. The summed E-state index contributed by atoms with van der Waals surface area (Å²) in [5.41, 5.74) is 0.793. The second-order valence-electron chi connectivity index (χ2n) is 11.1. The van der Waals surface area contributed by atoms with Crippen molar-refractivity contribution < 1.29 is 44.6 Å². The molecule has 5 N–H and O–H groups in total. The van der Waals surface area contributed by atoms with Gasteiger partial charge in [0.25, 0.3) is 0 Å². The van der Waals surface area contributed by atoms with Crippen molar-refractivity contribution in [2.75, 3.05) is 14.2 Å². The zero-order valence-electron chi connectivity index (χ0n) is 22.9. The predicted molar refractivity (Wildman–Crippen MR) is 150 cm³/mol. The Morgan fingerprint density at radius 3 is 2.15 bits per heavy atom. The first-order valence-electron chi connectivity index (χ1n) is 13.0. The Hall–Kier alpha value is -4.76. The molecule has 0 saturated carbocycles. The van der Waals surface area contributed by atoms with E-state index in [-0.39, 0.29) is 86.4 Å². The van der Waals surface area contributed by atoms with Crippen LogP contribution in [0.15, 0.2) is 30.3 Å². The van der Waals surface area contributed by atoms with Crippen molar-refractivity contribution in [3.8, 4) is 45.6 Å². The van der Waals surface area contributed by atoms with E-state index in [4.69, 9.17) is 9.47 Å². The number of hydrogen-bond acceptors (Lipinski definition) is 9. The molecule has 0 heterocycles. The number of Topliss-reactive ketones (excluding diaryl/α,β-unsaturated/α-hetero) is 1. The highest BCUT2D eigenvalue weighted by molar-refractivity contribution is 6.19. The Labute approximate surface area is 234 Å². The monoisotopic (exact) mass is 556 g/mol. The lowest BCUT2D eigenvalue weighted by Gasteiger charge is -2.33. The lowest BCUT2D eigenvalue weighted by molar-refractivity contribution is 0.0410. The van der Waals surface area contributed by atoms with Gasteiger partial charge in [0.2, 0.25) is 5.78 Å². The van der Waals surface area contributed by atoms with Crippen molar-refractivity contribution in [3.63, 3.8) is 0 Å². The van der Waals surface area contributed by atoms with Crippen LogP contribution in [0.3, 0.4) is 0 Å². The van der Waals surface area contributed by atoms with Crippen LogP contribution in [0.1, 0.15) is 61.9 Å². The molecule has 4 aromatic carbocycles. The Morgan fingerprint density at radius 2 is 1.46 bits per heavy atom. The van der Waals surface area contributed by atoms with Crippen LogP contribution < -0.4 is 9.47 Å². The number of benzene rings is 4. The average molecular weight is 557 g/mol. The summed E-state index contributed by atoms with van der Waals surface area (Å²) in [6, 6.07) is 7.73. The van der Waals surface area contributed by atoms with Gasteiger partial charge in [-0.3, -0.25) is 9.59 Å². The molecule has 0 bridgehead atoms. The zero-order chi connectivity index (χ0) is 29.5. The fraction of sp³-hybridized carbons (Fsp3) is 0.250. The molecule has 2 aliphatic rings. The number of aryl methyl sites for hydroxylation is 1. The predicted octanol–water partition coefficient (Wildman–Crippen LogP) is 4.67. The van der Waals surface area contributed by atoms with Gasteiger partial charge in [0.05, 0.1) is 47.5 Å². The van der Waals surface area contributed by atoms with E-state index in [1.54, 1.807) is 19.1 Å². The molecule has 0 aromatic heterocycles. The minimum atomic E-state index is -1.48. The maximum atomic E-state index is 13.8. The summed E-state index contributed by atoms with van der Waals surface area (Å²) in [6.45, 7) is 3.30. The third kappa shape index (κ3) is 3.80. The Bertz CT molecular complexity index is 1850. The Kier molecular flexibility index (Phi) is 5.73. The van der Waals surface area contributed by atoms with Gasteiger partial charge < -0.3 is 35.0 Å². The van der Waals surface area contributed by atoms with E-state index in [0.717, 1.165) is 5.56 Å². The third-order valence-corrected chi connectivity index (χ3v) is 8.05. The summed E-state index contributed by atoms with van der Waals surface area (Å²) >= 11 is 0. The second-order valence-corrected chi connectivity index (χ2v) is 11.1. The summed E-state index contributed by atoms with van der Waals surface area (Å²) in [6.07, 6.45) is -0.107. The smallest absolute Gasteiger partial charge is 0.201 e. The molecule has 2 aliphatic carbocycles. The molecule has 0 fully saturated rings.